The average molecular weight is 329 g/mol. The second-order valence-corrected chi connectivity index (χ2v) is 5.57. The highest BCUT2D eigenvalue weighted by Gasteiger charge is 2.18. The standard InChI is InChI=1S/C16H24N2O3.ClH/c1-11-5-6-14(18-16(19)12(2)9-17)15(8-11)21-10-13-4-3-7-20-13;/h5-6,8,12-13H,3-4,7,9-10,17H2,1-2H3,(H,18,19);1H. The van der Waals surface area contributed by atoms with E-state index in [9.17, 15) is 4.79 Å². The van der Waals surface area contributed by atoms with Crippen LogP contribution in [0.4, 0.5) is 5.69 Å². The normalized spacial score (nSPS) is 18.4. The van der Waals surface area contributed by atoms with E-state index in [0.717, 1.165) is 25.0 Å². The predicted octanol–water partition coefficient (Wildman–Crippen LogP) is 2.51. The van der Waals surface area contributed by atoms with Gasteiger partial charge in [-0.2, -0.15) is 0 Å². The maximum absolute atomic E-state index is 12.0. The first kappa shape index (κ1) is 18.7. The van der Waals surface area contributed by atoms with Gasteiger partial charge in [0.2, 0.25) is 5.91 Å². The van der Waals surface area contributed by atoms with Gasteiger partial charge in [-0.25, -0.2) is 0 Å². The minimum absolute atomic E-state index is 0. The molecule has 1 aromatic carbocycles. The summed E-state index contributed by atoms with van der Waals surface area (Å²) in [7, 11) is 0. The van der Waals surface area contributed by atoms with Crippen LogP contribution in [0, 0.1) is 12.8 Å². The summed E-state index contributed by atoms with van der Waals surface area (Å²) in [5, 5.41) is 2.88. The number of benzene rings is 1. The van der Waals surface area contributed by atoms with Crippen molar-refractivity contribution in [2.75, 3.05) is 25.1 Å². The molecule has 1 aliphatic heterocycles. The molecule has 0 aromatic heterocycles. The lowest BCUT2D eigenvalue weighted by molar-refractivity contribution is -0.119. The fourth-order valence-corrected chi connectivity index (χ4v) is 2.17. The molecule has 0 saturated carbocycles. The van der Waals surface area contributed by atoms with Crippen molar-refractivity contribution in [3.8, 4) is 5.75 Å². The van der Waals surface area contributed by atoms with Crippen molar-refractivity contribution >= 4 is 24.0 Å². The van der Waals surface area contributed by atoms with Crippen molar-refractivity contribution in [3.05, 3.63) is 23.8 Å². The lowest BCUT2D eigenvalue weighted by Gasteiger charge is -2.17. The molecule has 22 heavy (non-hydrogen) atoms. The molecule has 0 spiro atoms. The number of amides is 1. The molecule has 1 aromatic rings. The van der Waals surface area contributed by atoms with Gasteiger partial charge in [-0.15, -0.1) is 12.4 Å². The van der Waals surface area contributed by atoms with Crippen molar-refractivity contribution in [3.63, 3.8) is 0 Å². The number of hydrogen-bond acceptors (Lipinski definition) is 4. The van der Waals surface area contributed by atoms with Gasteiger partial charge in [-0.05, 0) is 37.5 Å². The summed E-state index contributed by atoms with van der Waals surface area (Å²) in [5.41, 5.74) is 7.29. The van der Waals surface area contributed by atoms with Gasteiger partial charge in [0.05, 0.1) is 11.8 Å². The highest BCUT2D eigenvalue weighted by atomic mass is 35.5. The molecule has 1 fully saturated rings. The first-order valence-corrected chi connectivity index (χ1v) is 7.46. The molecule has 2 rings (SSSR count). The Hall–Kier alpha value is -1.30. The van der Waals surface area contributed by atoms with Gasteiger partial charge in [0.15, 0.2) is 0 Å². The smallest absolute Gasteiger partial charge is 0.228 e. The number of nitrogens with two attached hydrogens (primary N) is 1. The second-order valence-electron chi connectivity index (χ2n) is 5.57. The maximum atomic E-state index is 12.0. The third kappa shape index (κ3) is 5.16. The van der Waals surface area contributed by atoms with Gasteiger partial charge in [-0.3, -0.25) is 4.79 Å². The van der Waals surface area contributed by atoms with Gasteiger partial charge in [0, 0.05) is 19.1 Å². The van der Waals surface area contributed by atoms with E-state index < -0.39 is 0 Å². The van der Waals surface area contributed by atoms with Crippen LogP contribution in [-0.2, 0) is 9.53 Å². The summed E-state index contributed by atoms with van der Waals surface area (Å²) in [6.45, 7) is 5.44. The molecule has 0 aliphatic carbocycles. The molecule has 1 amide bonds. The Balaban J connectivity index is 0.00000242. The van der Waals surface area contributed by atoms with Crippen LogP contribution in [0.15, 0.2) is 18.2 Å². The Bertz CT molecular complexity index is 490. The lowest BCUT2D eigenvalue weighted by Crippen LogP contribution is -2.27. The minimum atomic E-state index is -0.225. The predicted molar refractivity (Wildman–Crippen MR) is 89.7 cm³/mol. The van der Waals surface area contributed by atoms with E-state index in [4.69, 9.17) is 15.2 Å². The summed E-state index contributed by atoms with van der Waals surface area (Å²) in [5.74, 6) is 0.365. The van der Waals surface area contributed by atoms with E-state index in [-0.39, 0.29) is 30.3 Å². The Morgan fingerprint density at radius 3 is 2.95 bits per heavy atom. The van der Waals surface area contributed by atoms with Crippen LogP contribution < -0.4 is 15.8 Å². The Morgan fingerprint density at radius 2 is 2.32 bits per heavy atom. The second kappa shape index (κ2) is 8.98. The fourth-order valence-electron chi connectivity index (χ4n) is 2.17. The number of ether oxygens (including phenoxy) is 2. The van der Waals surface area contributed by atoms with Crippen molar-refractivity contribution < 1.29 is 14.3 Å². The number of aryl methyl sites for hydroxylation is 1. The van der Waals surface area contributed by atoms with Crippen LogP contribution in [0.2, 0.25) is 0 Å². The molecule has 2 atom stereocenters. The lowest BCUT2D eigenvalue weighted by atomic mass is 10.1. The molecule has 124 valence electrons. The molecule has 1 heterocycles. The van der Waals surface area contributed by atoms with E-state index >= 15 is 0 Å². The van der Waals surface area contributed by atoms with Crippen LogP contribution in [0.3, 0.4) is 0 Å². The van der Waals surface area contributed by atoms with E-state index in [2.05, 4.69) is 5.32 Å². The molecular weight excluding hydrogens is 304 g/mol. The Kier molecular flexibility index (Phi) is 7.65. The van der Waals surface area contributed by atoms with E-state index in [1.54, 1.807) is 6.92 Å². The third-order valence-electron chi connectivity index (χ3n) is 3.64. The van der Waals surface area contributed by atoms with Crippen molar-refractivity contribution in [2.24, 2.45) is 11.7 Å². The summed E-state index contributed by atoms with van der Waals surface area (Å²) < 4.78 is 11.4. The summed E-state index contributed by atoms with van der Waals surface area (Å²) >= 11 is 0. The summed E-state index contributed by atoms with van der Waals surface area (Å²) in [6.07, 6.45) is 2.26. The van der Waals surface area contributed by atoms with Crippen LogP contribution >= 0.6 is 12.4 Å². The molecule has 3 N–H and O–H groups in total. The van der Waals surface area contributed by atoms with Crippen LogP contribution in [0.5, 0.6) is 5.75 Å². The monoisotopic (exact) mass is 328 g/mol. The molecule has 0 radical (unpaired) electrons. The van der Waals surface area contributed by atoms with E-state index in [1.807, 2.05) is 25.1 Å². The maximum Gasteiger partial charge on any atom is 0.228 e. The fraction of sp³-hybridized carbons (Fsp3) is 0.562. The number of carbonyl (C=O) groups excluding carboxylic acids is 1. The molecular formula is C16H25ClN2O3. The number of halogens is 1. The third-order valence-corrected chi connectivity index (χ3v) is 3.64. The Labute approximate surface area is 138 Å². The topological polar surface area (TPSA) is 73.6 Å². The molecule has 1 aliphatic rings. The van der Waals surface area contributed by atoms with Crippen molar-refractivity contribution in [1.82, 2.24) is 0 Å². The first-order valence-electron chi connectivity index (χ1n) is 7.46. The van der Waals surface area contributed by atoms with Gasteiger partial charge < -0.3 is 20.5 Å². The number of anilines is 1. The molecule has 0 bridgehead atoms. The summed E-state index contributed by atoms with van der Waals surface area (Å²) in [4.78, 5) is 12.0. The average Bonchev–Trinajstić information content (AvgIpc) is 2.99. The zero-order valence-corrected chi connectivity index (χ0v) is 13.9. The van der Waals surface area contributed by atoms with Crippen molar-refractivity contribution in [1.29, 1.82) is 0 Å². The quantitative estimate of drug-likeness (QED) is 0.841. The van der Waals surface area contributed by atoms with E-state index in [1.165, 1.54) is 0 Å². The van der Waals surface area contributed by atoms with Gasteiger partial charge in [0.25, 0.3) is 0 Å². The SMILES string of the molecule is Cc1ccc(NC(=O)C(C)CN)c(OCC2CCCO2)c1.Cl. The molecule has 1 saturated heterocycles. The Morgan fingerprint density at radius 1 is 1.55 bits per heavy atom. The van der Waals surface area contributed by atoms with E-state index in [0.29, 0.717) is 24.6 Å². The molecule has 6 heteroatoms. The van der Waals surface area contributed by atoms with Gasteiger partial charge >= 0.3 is 0 Å². The molecule has 2 unspecified atom stereocenters. The van der Waals surface area contributed by atoms with Crippen LogP contribution in [0.25, 0.3) is 0 Å². The number of rotatable bonds is 6. The highest BCUT2D eigenvalue weighted by Crippen LogP contribution is 2.27. The summed E-state index contributed by atoms with van der Waals surface area (Å²) in [6, 6.07) is 5.74. The molecule has 5 nitrogen and oxygen atoms in total. The van der Waals surface area contributed by atoms with Crippen LogP contribution in [-0.4, -0.2) is 31.8 Å². The van der Waals surface area contributed by atoms with Gasteiger partial charge in [-0.1, -0.05) is 13.0 Å². The largest absolute Gasteiger partial charge is 0.489 e. The number of nitrogens with one attached hydrogen (secondary N) is 1. The highest BCUT2D eigenvalue weighted by molar-refractivity contribution is 5.93. The number of carbonyl (C=O) groups is 1. The first-order chi connectivity index (χ1) is 10.1. The van der Waals surface area contributed by atoms with Crippen molar-refractivity contribution in [2.45, 2.75) is 32.8 Å². The zero-order valence-electron chi connectivity index (χ0n) is 13.1. The van der Waals surface area contributed by atoms with Crippen LogP contribution in [0.1, 0.15) is 25.3 Å². The zero-order chi connectivity index (χ0) is 15.2. The van der Waals surface area contributed by atoms with Gasteiger partial charge in [0.1, 0.15) is 12.4 Å². The minimum Gasteiger partial charge on any atom is -0.489 e. The number of hydrogen-bond donors (Lipinski definition) is 2.